The second kappa shape index (κ2) is 4.75. The first-order chi connectivity index (χ1) is 6.84. The first-order valence-electron chi connectivity index (χ1n) is 4.70. The number of nitrogens with zero attached hydrogens (tertiary/aromatic N) is 1. The van der Waals surface area contributed by atoms with Gasteiger partial charge in [-0.15, -0.1) is 0 Å². The van der Waals surface area contributed by atoms with Gasteiger partial charge >= 0.3 is 0 Å². The second-order valence-corrected chi connectivity index (χ2v) is 4.06. The molecule has 2 heterocycles. The van der Waals surface area contributed by atoms with E-state index >= 15 is 0 Å². The van der Waals surface area contributed by atoms with Crippen LogP contribution in [-0.2, 0) is 4.74 Å². The summed E-state index contributed by atoms with van der Waals surface area (Å²) in [5.41, 5.74) is 0. The third-order valence-corrected chi connectivity index (χ3v) is 2.64. The first kappa shape index (κ1) is 9.93. The number of hydrogen-bond donors (Lipinski definition) is 0. The Morgan fingerprint density at radius 3 is 2.79 bits per heavy atom. The number of pyridine rings is 1. The van der Waals surface area contributed by atoms with Gasteiger partial charge in [0.1, 0.15) is 16.5 Å². The molecule has 4 heteroatoms. The summed E-state index contributed by atoms with van der Waals surface area (Å²) in [4.78, 5) is 4.11. The Labute approximate surface area is 91.6 Å². The molecular formula is C10H12BrNO2. The van der Waals surface area contributed by atoms with Crippen molar-refractivity contribution >= 4 is 15.9 Å². The molecule has 0 atom stereocenters. The van der Waals surface area contributed by atoms with Crippen molar-refractivity contribution in [3.63, 3.8) is 0 Å². The molecule has 0 spiro atoms. The maximum Gasteiger partial charge on any atom is 0.138 e. The summed E-state index contributed by atoms with van der Waals surface area (Å²) in [6, 6.07) is 3.81. The summed E-state index contributed by atoms with van der Waals surface area (Å²) < 4.78 is 11.8. The second-order valence-electron chi connectivity index (χ2n) is 3.25. The molecule has 76 valence electrons. The molecule has 1 aliphatic rings. The van der Waals surface area contributed by atoms with Gasteiger partial charge in [0.25, 0.3) is 0 Å². The van der Waals surface area contributed by atoms with Crippen LogP contribution in [0.5, 0.6) is 5.75 Å². The molecule has 0 unspecified atom stereocenters. The molecule has 1 aromatic rings. The largest absolute Gasteiger partial charge is 0.489 e. The molecule has 2 rings (SSSR count). The zero-order valence-electron chi connectivity index (χ0n) is 7.78. The molecule has 1 fully saturated rings. The van der Waals surface area contributed by atoms with Crippen molar-refractivity contribution in [2.75, 3.05) is 13.2 Å². The third kappa shape index (κ3) is 2.69. The van der Waals surface area contributed by atoms with Crippen LogP contribution in [0, 0.1) is 0 Å². The highest BCUT2D eigenvalue weighted by atomic mass is 79.9. The lowest BCUT2D eigenvalue weighted by Crippen LogP contribution is -2.25. The summed E-state index contributed by atoms with van der Waals surface area (Å²) >= 11 is 3.28. The Balaban J connectivity index is 1.92. The zero-order chi connectivity index (χ0) is 9.80. The topological polar surface area (TPSA) is 31.4 Å². The van der Waals surface area contributed by atoms with Gasteiger partial charge in [-0.25, -0.2) is 4.98 Å². The van der Waals surface area contributed by atoms with Gasteiger partial charge in [0.15, 0.2) is 0 Å². The van der Waals surface area contributed by atoms with Crippen molar-refractivity contribution in [3.8, 4) is 5.75 Å². The summed E-state index contributed by atoms with van der Waals surface area (Å²) in [5, 5.41) is 0. The standard InChI is InChI=1S/C10H12BrNO2/c11-10-2-1-9(7-12-10)14-8-3-5-13-6-4-8/h1-2,7-8H,3-6H2. The first-order valence-corrected chi connectivity index (χ1v) is 5.50. The SMILES string of the molecule is Brc1ccc(OC2CCOCC2)cn1. The van der Waals surface area contributed by atoms with Crippen molar-refractivity contribution in [3.05, 3.63) is 22.9 Å². The Morgan fingerprint density at radius 2 is 2.14 bits per heavy atom. The van der Waals surface area contributed by atoms with Crippen molar-refractivity contribution in [2.45, 2.75) is 18.9 Å². The summed E-state index contributed by atoms with van der Waals surface area (Å²) in [7, 11) is 0. The van der Waals surface area contributed by atoms with E-state index in [-0.39, 0.29) is 6.10 Å². The van der Waals surface area contributed by atoms with Gasteiger partial charge in [0.2, 0.25) is 0 Å². The minimum absolute atomic E-state index is 0.284. The maximum absolute atomic E-state index is 5.75. The van der Waals surface area contributed by atoms with E-state index in [0.29, 0.717) is 0 Å². The third-order valence-electron chi connectivity index (χ3n) is 2.17. The van der Waals surface area contributed by atoms with E-state index in [0.717, 1.165) is 36.4 Å². The number of aromatic nitrogens is 1. The minimum Gasteiger partial charge on any atom is -0.489 e. The lowest BCUT2D eigenvalue weighted by molar-refractivity contribution is 0.0254. The average molecular weight is 258 g/mol. The predicted molar refractivity (Wildman–Crippen MR) is 56.4 cm³/mol. The summed E-state index contributed by atoms with van der Waals surface area (Å²) in [6.45, 7) is 1.60. The molecule has 0 N–H and O–H groups in total. The lowest BCUT2D eigenvalue weighted by Gasteiger charge is -2.22. The normalized spacial score (nSPS) is 18.1. The molecule has 0 radical (unpaired) electrons. The van der Waals surface area contributed by atoms with Crippen LogP contribution in [0.3, 0.4) is 0 Å². The van der Waals surface area contributed by atoms with E-state index in [9.17, 15) is 0 Å². The van der Waals surface area contributed by atoms with Crippen LogP contribution >= 0.6 is 15.9 Å². The molecule has 14 heavy (non-hydrogen) atoms. The molecule has 0 amide bonds. The van der Waals surface area contributed by atoms with Gasteiger partial charge in [0, 0.05) is 12.8 Å². The zero-order valence-corrected chi connectivity index (χ0v) is 9.37. The Hall–Kier alpha value is -0.610. The molecule has 0 aliphatic carbocycles. The van der Waals surface area contributed by atoms with E-state index in [1.54, 1.807) is 6.20 Å². The van der Waals surface area contributed by atoms with Crippen LogP contribution in [-0.4, -0.2) is 24.3 Å². The number of hydrogen-bond acceptors (Lipinski definition) is 3. The fourth-order valence-electron chi connectivity index (χ4n) is 1.42. The van der Waals surface area contributed by atoms with Crippen LogP contribution in [0.2, 0.25) is 0 Å². The molecule has 1 saturated heterocycles. The van der Waals surface area contributed by atoms with Gasteiger partial charge in [-0.2, -0.15) is 0 Å². The van der Waals surface area contributed by atoms with Gasteiger partial charge in [0.05, 0.1) is 19.4 Å². The summed E-state index contributed by atoms with van der Waals surface area (Å²) in [6.07, 6.45) is 3.96. The molecule has 1 aromatic heterocycles. The van der Waals surface area contributed by atoms with Crippen LogP contribution in [0.25, 0.3) is 0 Å². The van der Waals surface area contributed by atoms with Gasteiger partial charge in [-0.1, -0.05) is 0 Å². The van der Waals surface area contributed by atoms with Crippen molar-refractivity contribution in [1.29, 1.82) is 0 Å². The summed E-state index contributed by atoms with van der Waals surface area (Å²) in [5.74, 6) is 0.833. The highest BCUT2D eigenvalue weighted by Gasteiger charge is 2.14. The van der Waals surface area contributed by atoms with Crippen LogP contribution in [0.15, 0.2) is 22.9 Å². The fourth-order valence-corrected chi connectivity index (χ4v) is 1.65. The predicted octanol–water partition coefficient (Wildman–Crippen LogP) is 2.40. The van der Waals surface area contributed by atoms with Crippen LogP contribution in [0.1, 0.15) is 12.8 Å². The van der Waals surface area contributed by atoms with Gasteiger partial charge in [-0.3, -0.25) is 0 Å². The van der Waals surface area contributed by atoms with E-state index in [1.807, 2.05) is 12.1 Å². The fraction of sp³-hybridized carbons (Fsp3) is 0.500. The Kier molecular flexibility index (Phi) is 3.37. The molecule has 0 bridgehead atoms. The van der Waals surface area contributed by atoms with Crippen molar-refractivity contribution < 1.29 is 9.47 Å². The molecule has 3 nitrogen and oxygen atoms in total. The quantitative estimate of drug-likeness (QED) is 0.763. The minimum atomic E-state index is 0.284. The molecular weight excluding hydrogens is 246 g/mol. The lowest BCUT2D eigenvalue weighted by atomic mass is 10.1. The van der Waals surface area contributed by atoms with Crippen molar-refractivity contribution in [2.24, 2.45) is 0 Å². The van der Waals surface area contributed by atoms with Crippen molar-refractivity contribution in [1.82, 2.24) is 4.98 Å². The van der Waals surface area contributed by atoms with E-state index in [1.165, 1.54) is 0 Å². The smallest absolute Gasteiger partial charge is 0.138 e. The number of halogens is 1. The number of ether oxygens (including phenoxy) is 2. The Morgan fingerprint density at radius 1 is 1.36 bits per heavy atom. The van der Waals surface area contributed by atoms with Crippen LogP contribution < -0.4 is 4.74 Å². The molecule has 0 aromatic carbocycles. The van der Waals surface area contributed by atoms with E-state index in [4.69, 9.17) is 9.47 Å². The van der Waals surface area contributed by atoms with E-state index < -0.39 is 0 Å². The highest BCUT2D eigenvalue weighted by molar-refractivity contribution is 9.10. The Bertz CT molecular complexity index is 283. The van der Waals surface area contributed by atoms with Crippen LogP contribution in [0.4, 0.5) is 0 Å². The van der Waals surface area contributed by atoms with Gasteiger partial charge < -0.3 is 9.47 Å². The van der Waals surface area contributed by atoms with E-state index in [2.05, 4.69) is 20.9 Å². The average Bonchev–Trinajstić information content (AvgIpc) is 2.23. The monoisotopic (exact) mass is 257 g/mol. The number of rotatable bonds is 2. The maximum atomic E-state index is 5.75. The molecule has 0 saturated carbocycles. The highest BCUT2D eigenvalue weighted by Crippen LogP contribution is 2.18. The molecule has 1 aliphatic heterocycles. The van der Waals surface area contributed by atoms with Gasteiger partial charge in [-0.05, 0) is 28.1 Å².